The summed E-state index contributed by atoms with van der Waals surface area (Å²) in [5.74, 6) is 0.631. The van der Waals surface area contributed by atoms with Crippen molar-refractivity contribution in [1.29, 1.82) is 0 Å². The number of carbonyl (C=O) groups excluding carboxylic acids is 1. The number of piperidine rings is 1. The van der Waals surface area contributed by atoms with Gasteiger partial charge in [-0.25, -0.2) is 0 Å². The Bertz CT molecular complexity index is 1070. The van der Waals surface area contributed by atoms with E-state index in [-0.39, 0.29) is 11.8 Å². The standard InChI is InChI=1S/C26H32N4O/c1-3-13-30-17-18-15-24-22(21-8-6-9-23(30)25(18)21)14-19(16-29(24)2)26(31)28-12-10-20-7-4-5-11-27-20/h4-9,11,17,19,22,24H,3,10,12-16H2,1-2H3,(H,28,31)/t19-,22-,24-/m1/s1. The Morgan fingerprint density at radius 3 is 2.94 bits per heavy atom. The molecule has 3 aromatic rings. The number of aryl methyl sites for hydroxylation is 1. The Labute approximate surface area is 184 Å². The third kappa shape index (κ3) is 3.76. The minimum Gasteiger partial charge on any atom is -0.355 e. The molecule has 1 fully saturated rings. The summed E-state index contributed by atoms with van der Waals surface area (Å²) in [6, 6.07) is 13.2. The lowest BCUT2D eigenvalue weighted by Gasteiger charge is -2.45. The molecular weight excluding hydrogens is 384 g/mol. The number of rotatable bonds is 6. The number of hydrogen-bond donors (Lipinski definition) is 1. The number of hydrogen-bond acceptors (Lipinski definition) is 3. The fourth-order valence-electron chi connectivity index (χ4n) is 5.74. The van der Waals surface area contributed by atoms with E-state index in [1.807, 2.05) is 18.2 Å². The summed E-state index contributed by atoms with van der Waals surface area (Å²) in [7, 11) is 2.19. The normalized spacial score (nSPS) is 23.0. The molecule has 31 heavy (non-hydrogen) atoms. The molecule has 5 rings (SSSR count). The highest BCUT2D eigenvalue weighted by Gasteiger charge is 2.41. The first-order valence-electron chi connectivity index (χ1n) is 11.6. The zero-order valence-electron chi connectivity index (χ0n) is 18.6. The van der Waals surface area contributed by atoms with Crippen LogP contribution in [0.5, 0.6) is 0 Å². The Morgan fingerprint density at radius 1 is 1.23 bits per heavy atom. The van der Waals surface area contributed by atoms with E-state index in [0.29, 0.717) is 18.5 Å². The molecule has 2 aliphatic rings. The molecule has 3 atom stereocenters. The molecule has 0 radical (unpaired) electrons. The van der Waals surface area contributed by atoms with Crippen molar-refractivity contribution < 1.29 is 4.79 Å². The van der Waals surface area contributed by atoms with Gasteiger partial charge in [-0.1, -0.05) is 25.1 Å². The lowest BCUT2D eigenvalue weighted by Crippen LogP contribution is -2.51. The van der Waals surface area contributed by atoms with Crippen LogP contribution in [-0.4, -0.2) is 46.5 Å². The Hall–Kier alpha value is -2.66. The van der Waals surface area contributed by atoms with Crippen LogP contribution in [0.25, 0.3) is 10.9 Å². The van der Waals surface area contributed by atoms with Gasteiger partial charge >= 0.3 is 0 Å². The SMILES string of the molecule is CCCn1cc2c3c(cccc31)[C@H]1C[C@@H](C(=O)NCCc3ccccn3)CN(C)[C@@H]1C2. The number of nitrogens with one attached hydrogen (secondary N) is 1. The van der Waals surface area contributed by atoms with Crippen molar-refractivity contribution in [3.8, 4) is 0 Å². The van der Waals surface area contributed by atoms with Gasteiger partial charge in [0.15, 0.2) is 0 Å². The summed E-state index contributed by atoms with van der Waals surface area (Å²) < 4.78 is 2.42. The van der Waals surface area contributed by atoms with E-state index >= 15 is 0 Å². The summed E-state index contributed by atoms with van der Waals surface area (Å²) in [5.41, 5.74) is 5.30. The molecule has 1 N–H and O–H groups in total. The molecule has 5 heteroatoms. The second kappa shape index (κ2) is 8.46. The number of pyridine rings is 1. The van der Waals surface area contributed by atoms with Gasteiger partial charge in [-0.15, -0.1) is 0 Å². The van der Waals surface area contributed by atoms with Crippen molar-refractivity contribution in [2.75, 3.05) is 20.1 Å². The lowest BCUT2D eigenvalue weighted by atomic mass is 9.72. The van der Waals surface area contributed by atoms with Crippen molar-refractivity contribution in [2.24, 2.45) is 5.92 Å². The molecule has 2 aromatic heterocycles. The van der Waals surface area contributed by atoms with Crippen molar-refractivity contribution in [2.45, 2.75) is 51.1 Å². The van der Waals surface area contributed by atoms with Crippen LogP contribution in [0, 0.1) is 5.92 Å². The number of carbonyl (C=O) groups is 1. The smallest absolute Gasteiger partial charge is 0.224 e. The predicted octanol–water partition coefficient (Wildman–Crippen LogP) is 3.77. The van der Waals surface area contributed by atoms with Gasteiger partial charge in [0.1, 0.15) is 0 Å². The Morgan fingerprint density at radius 2 is 2.13 bits per heavy atom. The van der Waals surface area contributed by atoms with Gasteiger partial charge in [0.2, 0.25) is 5.91 Å². The van der Waals surface area contributed by atoms with Crippen LogP contribution in [0.1, 0.15) is 42.5 Å². The largest absolute Gasteiger partial charge is 0.355 e. The highest BCUT2D eigenvalue weighted by Crippen LogP contribution is 2.45. The van der Waals surface area contributed by atoms with Gasteiger partial charge in [-0.2, -0.15) is 0 Å². The maximum absolute atomic E-state index is 13.0. The van der Waals surface area contributed by atoms with Gasteiger partial charge in [0.25, 0.3) is 0 Å². The number of fused-ring (bicyclic) bond motifs is 2. The molecule has 162 valence electrons. The molecule has 0 bridgehead atoms. The van der Waals surface area contributed by atoms with Crippen LogP contribution >= 0.6 is 0 Å². The van der Waals surface area contributed by atoms with Crippen LogP contribution < -0.4 is 5.32 Å². The lowest BCUT2D eigenvalue weighted by molar-refractivity contribution is -0.127. The van der Waals surface area contributed by atoms with Crippen molar-refractivity contribution in [1.82, 2.24) is 19.8 Å². The quantitative estimate of drug-likeness (QED) is 0.666. The van der Waals surface area contributed by atoms with E-state index in [4.69, 9.17) is 0 Å². The number of nitrogens with zero attached hydrogens (tertiary/aromatic N) is 3. The zero-order chi connectivity index (χ0) is 21.4. The monoisotopic (exact) mass is 416 g/mol. The fourth-order valence-corrected chi connectivity index (χ4v) is 5.74. The third-order valence-electron chi connectivity index (χ3n) is 7.16. The van der Waals surface area contributed by atoms with Gasteiger partial charge in [-0.3, -0.25) is 9.78 Å². The van der Waals surface area contributed by atoms with Crippen molar-refractivity contribution >= 4 is 16.8 Å². The van der Waals surface area contributed by atoms with Gasteiger partial charge < -0.3 is 14.8 Å². The third-order valence-corrected chi connectivity index (χ3v) is 7.16. The number of amides is 1. The Balaban J connectivity index is 1.34. The van der Waals surface area contributed by atoms with E-state index in [1.54, 1.807) is 6.20 Å². The molecule has 0 unspecified atom stereocenters. The van der Waals surface area contributed by atoms with E-state index in [1.165, 1.54) is 22.0 Å². The first kappa shape index (κ1) is 20.3. The van der Waals surface area contributed by atoms with E-state index in [2.05, 4.69) is 58.1 Å². The van der Waals surface area contributed by atoms with Gasteiger partial charge in [0, 0.05) is 67.0 Å². The van der Waals surface area contributed by atoms with Crippen LogP contribution in [0.15, 0.2) is 48.8 Å². The van der Waals surface area contributed by atoms with E-state index in [9.17, 15) is 4.79 Å². The van der Waals surface area contributed by atoms with Crippen LogP contribution in [0.2, 0.25) is 0 Å². The molecule has 0 saturated carbocycles. The average Bonchev–Trinajstić information content (AvgIpc) is 3.14. The summed E-state index contributed by atoms with van der Waals surface area (Å²) in [5, 5.41) is 4.62. The zero-order valence-corrected chi connectivity index (χ0v) is 18.6. The fraction of sp³-hybridized carbons (Fsp3) is 0.462. The number of likely N-dealkylation sites (N-methyl/N-ethyl adjacent to an activating group) is 1. The second-order valence-electron chi connectivity index (χ2n) is 9.20. The summed E-state index contributed by atoms with van der Waals surface area (Å²) in [6.45, 7) is 4.77. The number of likely N-dealkylation sites (tertiary alicyclic amines) is 1. The number of benzene rings is 1. The van der Waals surface area contributed by atoms with Gasteiger partial charge in [-0.05, 0) is 55.6 Å². The molecule has 1 aromatic carbocycles. The molecule has 1 aliphatic heterocycles. The topological polar surface area (TPSA) is 50.2 Å². The molecule has 5 nitrogen and oxygen atoms in total. The maximum atomic E-state index is 13.0. The van der Waals surface area contributed by atoms with Crippen molar-refractivity contribution in [3.05, 3.63) is 65.6 Å². The van der Waals surface area contributed by atoms with Crippen LogP contribution in [-0.2, 0) is 24.2 Å². The summed E-state index contributed by atoms with van der Waals surface area (Å²) >= 11 is 0. The second-order valence-corrected chi connectivity index (χ2v) is 9.20. The van der Waals surface area contributed by atoms with Crippen LogP contribution in [0.4, 0.5) is 0 Å². The number of aromatic nitrogens is 2. The van der Waals surface area contributed by atoms with Crippen molar-refractivity contribution in [3.63, 3.8) is 0 Å². The summed E-state index contributed by atoms with van der Waals surface area (Å²) in [6.07, 6.45) is 8.11. The molecular formula is C26H32N4O. The van der Waals surface area contributed by atoms with Crippen LogP contribution in [0.3, 0.4) is 0 Å². The highest BCUT2D eigenvalue weighted by atomic mass is 16.1. The van der Waals surface area contributed by atoms with E-state index < -0.39 is 0 Å². The average molecular weight is 417 g/mol. The molecule has 1 amide bonds. The first-order valence-corrected chi connectivity index (χ1v) is 11.6. The predicted molar refractivity (Wildman–Crippen MR) is 124 cm³/mol. The first-order chi connectivity index (χ1) is 15.2. The molecule has 1 saturated heterocycles. The van der Waals surface area contributed by atoms with Gasteiger partial charge in [0.05, 0.1) is 5.92 Å². The molecule has 0 spiro atoms. The maximum Gasteiger partial charge on any atom is 0.224 e. The molecule has 1 aliphatic carbocycles. The molecule has 3 heterocycles. The Kier molecular flexibility index (Phi) is 5.53. The summed E-state index contributed by atoms with van der Waals surface area (Å²) in [4.78, 5) is 19.8. The minimum absolute atomic E-state index is 0.0320. The minimum atomic E-state index is 0.0320. The van der Waals surface area contributed by atoms with E-state index in [0.717, 1.165) is 44.5 Å². The highest BCUT2D eigenvalue weighted by molar-refractivity contribution is 5.89.